The SMILES string of the molecule is Cc1cc(C)n2ncc(-c3ccc(C)c(S(=O)(=O)NCCC4=CCCCC4)c3)c2n1. The van der Waals surface area contributed by atoms with Crippen LogP contribution in [-0.2, 0) is 10.0 Å². The Bertz CT molecular complexity index is 1230. The lowest BCUT2D eigenvalue weighted by Gasteiger charge is -2.14. The second-order valence-electron chi connectivity index (χ2n) is 8.07. The van der Waals surface area contributed by atoms with Gasteiger partial charge in [-0.2, -0.15) is 5.10 Å². The summed E-state index contributed by atoms with van der Waals surface area (Å²) in [6.07, 6.45) is 9.40. The Kier molecular flexibility index (Phi) is 5.75. The summed E-state index contributed by atoms with van der Waals surface area (Å²) in [4.78, 5) is 4.92. The summed E-state index contributed by atoms with van der Waals surface area (Å²) >= 11 is 0. The fourth-order valence-corrected chi connectivity index (χ4v) is 5.39. The van der Waals surface area contributed by atoms with Gasteiger partial charge >= 0.3 is 0 Å². The summed E-state index contributed by atoms with van der Waals surface area (Å²) < 4.78 is 30.6. The van der Waals surface area contributed by atoms with Crippen LogP contribution in [0.15, 0.2) is 47.0 Å². The summed E-state index contributed by atoms with van der Waals surface area (Å²) in [5.74, 6) is 0. The zero-order valence-corrected chi connectivity index (χ0v) is 18.6. The van der Waals surface area contributed by atoms with Crippen molar-refractivity contribution >= 4 is 15.7 Å². The van der Waals surface area contributed by atoms with Crippen LogP contribution in [0.3, 0.4) is 0 Å². The number of benzene rings is 1. The first-order valence-electron chi connectivity index (χ1n) is 10.5. The van der Waals surface area contributed by atoms with Crippen molar-refractivity contribution in [2.45, 2.75) is 57.8 Å². The van der Waals surface area contributed by atoms with E-state index in [1.807, 2.05) is 39.0 Å². The molecule has 0 saturated heterocycles. The van der Waals surface area contributed by atoms with Gasteiger partial charge in [0.15, 0.2) is 5.65 Å². The predicted octanol–water partition coefficient (Wildman–Crippen LogP) is 4.49. The standard InChI is InChI=1S/C23H28N4O2S/c1-16-9-10-20(21-15-24-27-18(3)13-17(2)26-23(21)27)14-22(16)30(28,29)25-12-11-19-7-5-4-6-8-19/h7,9-10,13-15,25H,4-6,8,11-12H2,1-3H3. The van der Waals surface area contributed by atoms with Gasteiger partial charge in [-0.1, -0.05) is 23.8 Å². The van der Waals surface area contributed by atoms with Gasteiger partial charge in [-0.25, -0.2) is 22.6 Å². The zero-order chi connectivity index (χ0) is 21.3. The van der Waals surface area contributed by atoms with Crippen molar-refractivity contribution in [3.05, 3.63) is 59.1 Å². The van der Waals surface area contributed by atoms with Gasteiger partial charge in [-0.15, -0.1) is 0 Å². The van der Waals surface area contributed by atoms with E-state index >= 15 is 0 Å². The number of hydrogen-bond acceptors (Lipinski definition) is 4. The molecule has 3 aromatic rings. The highest BCUT2D eigenvalue weighted by atomic mass is 32.2. The predicted molar refractivity (Wildman–Crippen MR) is 119 cm³/mol. The molecule has 0 fully saturated rings. The molecule has 2 aromatic heterocycles. The quantitative estimate of drug-likeness (QED) is 0.592. The van der Waals surface area contributed by atoms with Gasteiger partial charge in [0.1, 0.15) is 0 Å². The van der Waals surface area contributed by atoms with Crippen molar-refractivity contribution in [1.29, 1.82) is 0 Å². The van der Waals surface area contributed by atoms with E-state index in [0.717, 1.165) is 53.0 Å². The van der Waals surface area contributed by atoms with Gasteiger partial charge in [-0.05, 0) is 76.1 Å². The molecule has 0 bridgehead atoms. The number of sulfonamides is 1. The molecule has 158 valence electrons. The summed E-state index contributed by atoms with van der Waals surface area (Å²) in [6, 6.07) is 7.48. The number of rotatable bonds is 6. The topological polar surface area (TPSA) is 76.4 Å². The molecule has 1 aliphatic carbocycles. The third kappa shape index (κ3) is 4.18. The Morgan fingerprint density at radius 2 is 1.97 bits per heavy atom. The van der Waals surface area contributed by atoms with E-state index < -0.39 is 10.0 Å². The molecule has 6 nitrogen and oxygen atoms in total. The first-order chi connectivity index (χ1) is 14.3. The van der Waals surface area contributed by atoms with E-state index in [-0.39, 0.29) is 0 Å². The molecule has 30 heavy (non-hydrogen) atoms. The van der Waals surface area contributed by atoms with Gasteiger partial charge < -0.3 is 0 Å². The Labute approximate surface area is 178 Å². The zero-order valence-electron chi connectivity index (χ0n) is 17.8. The van der Waals surface area contributed by atoms with Crippen molar-refractivity contribution in [3.63, 3.8) is 0 Å². The second-order valence-corrected chi connectivity index (χ2v) is 9.80. The van der Waals surface area contributed by atoms with E-state index in [4.69, 9.17) is 0 Å². The molecule has 0 amide bonds. The van der Waals surface area contributed by atoms with Crippen molar-refractivity contribution in [1.82, 2.24) is 19.3 Å². The monoisotopic (exact) mass is 424 g/mol. The lowest BCUT2D eigenvalue weighted by Crippen LogP contribution is -2.26. The number of aromatic nitrogens is 3. The molecular formula is C23H28N4O2S. The number of aryl methyl sites for hydroxylation is 3. The number of fused-ring (bicyclic) bond motifs is 1. The van der Waals surface area contributed by atoms with Crippen LogP contribution in [-0.4, -0.2) is 29.6 Å². The van der Waals surface area contributed by atoms with Crippen molar-refractivity contribution in [2.75, 3.05) is 6.54 Å². The molecule has 1 aromatic carbocycles. The highest BCUT2D eigenvalue weighted by Gasteiger charge is 2.19. The molecule has 0 atom stereocenters. The number of allylic oxidation sites excluding steroid dienone is 1. The maximum atomic E-state index is 13.0. The van der Waals surface area contributed by atoms with Crippen LogP contribution in [0, 0.1) is 20.8 Å². The third-order valence-corrected chi connectivity index (χ3v) is 7.29. The van der Waals surface area contributed by atoms with Gasteiger partial charge in [0.2, 0.25) is 10.0 Å². The van der Waals surface area contributed by atoms with Gasteiger partial charge in [0.05, 0.1) is 11.1 Å². The van der Waals surface area contributed by atoms with E-state index in [9.17, 15) is 8.42 Å². The molecular weight excluding hydrogens is 396 g/mol. The van der Waals surface area contributed by atoms with Crippen LogP contribution in [0.25, 0.3) is 16.8 Å². The largest absolute Gasteiger partial charge is 0.240 e. The van der Waals surface area contributed by atoms with Crippen LogP contribution in [0.5, 0.6) is 0 Å². The van der Waals surface area contributed by atoms with Gasteiger partial charge in [0, 0.05) is 23.5 Å². The van der Waals surface area contributed by atoms with Crippen LogP contribution < -0.4 is 4.72 Å². The average Bonchev–Trinajstić information content (AvgIpc) is 3.13. The van der Waals surface area contributed by atoms with E-state index in [2.05, 4.69) is 20.9 Å². The smallest absolute Gasteiger partial charge is 0.233 e. The molecule has 4 rings (SSSR count). The molecule has 0 saturated carbocycles. The van der Waals surface area contributed by atoms with Crippen molar-refractivity contribution in [2.24, 2.45) is 0 Å². The first-order valence-corrected chi connectivity index (χ1v) is 11.9. The molecule has 0 radical (unpaired) electrons. The van der Waals surface area contributed by atoms with E-state index in [1.165, 1.54) is 18.4 Å². The average molecular weight is 425 g/mol. The fraction of sp³-hybridized carbons (Fsp3) is 0.391. The summed E-state index contributed by atoms with van der Waals surface area (Å²) in [7, 11) is -3.60. The number of nitrogens with zero attached hydrogens (tertiary/aromatic N) is 3. The lowest BCUT2D eigenvalue weighted by atomic mass is 9.97. The molecule has 1 N–H and O–H groups in total. The number of hydrogen-bond donors (Lipinski definition) is 1. The highest BCUT2D eigenvalue weighted by molar-refractivity contribution is 7.89. The second kappa shape index (κ2) is 8.32. The van der Waals surface area contributed by atoms with Crippen LogP contribution in [0.4, 0.5) is 0 Å². The minimum Gasteiger partial charge on any atom is -0.233 e. The summed E-state index contributed by atoms with van der Waals surface area (Å²) in [6.45, 7) is 6.18. The Morgan fingerprint density at radius 3 is 2.73 bits per heavy atom. The maximum absolute atomic E-state index is 13.0. The first kappa shape index (κ1) is 20.8. The van der Waals surface area contributed by atoms with E-state index in [0.29, 0.717) is 11.4 Å². The van der Waals surface area contributed by atoms with Gasteiger partial charge in [-0.3, -0.25) is 0 Å². The minimum absolute atomic E-state index is 0.307. The molecule has 7 heteroatoms. The molecule has 1 aliphatic rings. The molecule has 0 unspecified atom stereocenters. The summed E-state index contributed by atoms with van der Waals surface area (Å²) in [5, 5.41) is 4.43. The normalized spacial score (nSPS) is 14.8. The van der Waals surface area contributed by atoms with Gasteiger partial charge in [0.25, 0.3) is 0 Å². The minimum atomic E-state index is -3.60. The van der Waals surface area contributed by atoms with Crippen LogP contribution >= 0.6 is 0 Å². The van der Waals surface area contributed by atoms with Crippen LogP contribution in [0.1, 0.15) is 49.1 Å². The third-order valence-electron chi connectivity index (χ3n) is 5.69. The van der Waals surface area contributed by atoms with Crippen LogP contribution in [0.2, 0.25) is 0 Å². The molecule has 0 spiro atoms. The molecule has 2 heterocycles. The highest BCUT2D eigenvalue weighted by Crippen LogP contribution is 2.28. The summed E-state index contributed by atoms with van der Waals surface area (Å²) in [5.41, 5.74) is 6.33. The lowest BCUT2D eigenvalue weighted by molar-refractivity contribution is 0.579. The Hall–Kier alpha value is -2.51. The van der Waals surface area contributed by atoms with E-state index in [1.54, 1.807) is 16.8 Å². The Morgan fingerprint density at radius 1 is 1.13 bits per heavy atom. The van der Waals surface area contributed by atoms with Crippen molar-refractivity contribution in [3.8, 4) is 11.1 Å². The fourth-order valence-electron chi connectivity index (χ4n) is 4.09. The Balaban J connectivity index is 1.62. The molecule has 0 aliphatic heterocycles. The van der Waals surface area contributed by atoms with Crippen molar-refractivity contribution < 1.29 is 8.42 Å². The number of nitrogens with one attached hydrogen (secondary N) is 1. The maximum Gasteiger partial charge on any atom is 0.240 e.